The number of amides is 1. The molecule has 2 aromatic rings. The van der Waals surface area contributed by atoms with Gasteiger partial charge in [0.25, 0.3) is 0 Å². The summed E-state index contributed by atoms with van der Waals surface area (Å²) in [5.74, 6) is 1.23. The third-order valence-corrected chi connectivity index (χ3v) is 4.51. The number of methoxy groups -OCH3 is 1. The molecule has 0 radical (unpaired) electrons. The fourth-order valence-electron chi connectivity index (χ4n) is 2.29. The summed E-state index contributed by atoms with van der Waals surface area (Å²) in [5.41, 5.74) is 4.15. The highest BCUT2D eigenvalue weighted by molar-refractivity contribution is 6.35. The van der Waals surface area contributed by atoms with Gasteiger partial charge in [-0.2, -0.15) is 5.10 Å². The van der Waals surface area contributed by atoms with Crippen molar-refractivity contribution in [2.45, 2.75) is 19.4 Å². The lowest BCUT2D eigenvalue weighted by Crippen LogP contribution is -2.18. The summed E-state index contributed by atoms with van der Waals surface area (Å²) < 4.78 is 11.2. The molecule has 1 aliphatic rings. The summed E-state index contributed by atoms with van der Waals surface area (Å²) in [4.78, 5) is 11.6. The highest BCUT2D eigenvalue weighted by Gasteiger charge is 2.29. The molecule has 0 bridgehead atoms. The summed E-state index contributed by atoms with van der Waals surface area (Å²) in [6.45, 7) is 0.289. The van der Waals surface area contributed by atoms with E-state index < -0.39 is 0 Å². The van der Waals surface area contributed by atoms with E-state index in [4.69, 9.17) is 32.7 Å². The molecule has 0 aromatic heterocycles. The van der Waals surface area contributed by atoms with Gasteiger partial charge in [0.2, 0.25) is 5.91 Å². The minimum atomic E-state index is -0.0342. The molecule has 7 heteroatoms. The molecule has 26 heavy (non-hydrogen) atoms. The molecule has 136 valence electrons. The molecule has 0 heterocycles. The highest BCUT2D eigenvalue weighted by atomic mass is 35.5. The van der Waals surface area contributed by atoms with Crippen molar-refractivity contribution in [2.75, 3.05) is 7.11 Å². The maximum Gasteiger partial charge on any atom is 0.243 e. The zero-order valence-corrected chi connectivity index (χ0v) is 15.7. The second-order valence-electron chi connectivity index (χ2n) is 5.94. The molecule has 0 aliphatic heterocycles. The molecule has 1 N–H and O–H groups in total. The zero-order chi connectivity index (χ0) is 18.5. The van der Waals surface area contributed by atoms with E-state index in [9.17, 15) is 4.79 Å². The van der Waals surface area contributed by atoms with Gasteiger partial charge >= 0.3 is 0 Å². The largest absolute Gasteiger partial charge is 0.493 e. The van der Waals surface area contributed by atoms with Crippen molar-refractivity contribution in [1.82, 2.24) is 5.43 Å². The summed E-state index contributed by atoms with van der Waals surface area (Å²) in [6.07, 6.45) is 3.46. The number of hydrogen-bond donors (Lipinski definition) is 1. The average Bonchev–Trinajstić information content (AvgIpc) is 3.46. The Labute approximate surface area is 161 Å². The number of nitrogens with one attached hydrogen (secondary N) is 1. The molecule has 0 saturated heterocycles. The van der Waals surface area contributed by atoms with E-state index in [0.29, 0.717) is 21.5 Å². The van der Waals surface area contributed by atoms with Gasteiger partial charge in [-0.1, -0.05) is 29.3 Å². The van der Waals surface area contributed by atoms with Crippen LogP contribution in [0.4, 0.5) is 0 Å². The van der Waals surface area contributed by atoms with Crippen LogP contribution >= 0.6 is 23.2 Å². The minimum Gasteiger partial charge on any atom is -0.493 e. The van der Waals surface area contributed by atoms with Gasteiger partial charge in [-0.25, -0.2) is 5.43 Å². The van der Waals surface area contributed by atoms with Crippen molar-refractivity contribution in [1.29, 1.82) is 0 Å². The van der Waals surface area contributed by atoms with Gasteiger partial charge in [-0.05, 0) is 48.7 Å². The lowest BCUT2D eigenvalue weighted by atomic mass is 10.2. The topological polar surface area (TPSA) is 59.9 Å². The minimum absolute atomic E-state index is 0.0342. The van der Waals surface area contributed by atoms with E-state index in [-0.39, 0.29) is 18.4 Å². The summed E-state index contributed by atoms with van der Waals surface area (Å²) in [6, 6.07) is 10.7. The molecule has 0 atom stereocenters. The van der Waals surface area contributed by atoms with Crippen molar-refractivity contribution >= 4 is 35.3 Å². The number of rotatable bonds is 7. The first-order chi connectivity index (χ1) is 12.6. The standard InChI is InChI=1S/C19H18Cl2N2O3/c1-25-18-8-12(10-22-23-19(24)13-3-4-13)2-7-17(18)26-11-14-5-6-15(20)9-16(14)21/h2,5-10,13H,3-4,11H2,1H3,(H,23,24). The van der Waals surface area contributed by atoms with Gasteiger partial charge in [0.15, 0.2) is 11.5 Å². The first-order valence-corrected chi connectivity index (χ1v) is 8.90. The fraction of sp³-hybridized carbons (Fsp3) is 0.263. The van der Waals surface area contributed by atoms with E-state index in [1.54, 1.807) is 37.6 Å². The first-order valence-electron chi connectivity index (χ1n) is 8.14. The number of ether oxygens (including phenoxy) is 2. The predicted octanol–water partition coefficient (Wildman–Crippen LogP) is 4.44. The molecule has 1 fully saturated rings. The van der Waals surface area contributed by atoms with Crippen molar-refractivity contribution < 1.29 is 14.3 Å². The Kier molecular flexibility index (Phi) is 6.01. The number of benzene rings is 2. The first kappa shape index (κ1) is 18.5. The monoisotopic (exact) mass is 392 g/mol. The predicted molar refractivity (Wildman–Crippen MR) is 102 cm³/mol. The third kappa shape index (κ3) is 4.90. The van der Waals surface area contributed by atoms with Crippen molar-refractivity contribution in [3.63, 3.8) is 0 Å². The molecular weight excluding hydrogens is 375 g/mol. The Bertz CT molecular complexity index is 836. The third-order valence-electron chi connectivity index (χ3n) is 3.92. The van der Waals surface area contributed by atoms with Crippen LogP contribution in [-0.2, 0) is 11.4 Å². The number of carbonyl (C=O) groups excluding carboxylic acids is 1. The number of hydrogen-bond acceptors (Lipinski definition) is 4. The molecule has 0 spiro atoms. The molecule has 3 rings (SSSR count). The lowest BCUT2D eigenvalue weighted by Gasteiger charge is -2.12. The smallest absolute Gasteiger partial charge is 0.243 e. The van der Waals surface area contributed by atoms with Gasteiger partial charge in [0, 0.05) is 21.5 Å². The zero-order valence-electron chi connectivity index (χ0n) is 14.2. The quantitative estimate of drug-likeness (QED) is 0.559. The normalized spacial score (nSPS) is 13.7. The van der Waals surface area contributed by atoms with Crippen molar-refractivity contribution in [2.24, 2.45) is 11.0 Å². The fourth-order valence-corrected chi connectivity index (χ4v) is 2.75. The van der Waals surface area contributed by atoms with E-state index in [2.05, 4.69) is 10.5 Å². The van der Waals surface area contributed by atoms with E-state index >= 15 is 0 Å². The van der Waals surface area contributed by atoms with E-state index in [1.807, 2.05) is 12.1 Å². The Morgan fingerprint density at radius 1 is 1.23 bits per heavy atom. The molecule has 2 aromatic carbocycles. The van der Waals surface area contributed by atoms with Crippen molar-refractivity contribution in [3.05, 3.63) is 57.6 Å². The number of nitrogens with zero attached hydrogens (tertiary/aromatic N) is 1. The molecule has 1 amide bonds. The number of carbonyl (C=O) groups is 1. The van der Waals surface area contributed by atoms with Crippen LogP contribution in [-0.4, -0.2) is 19.2 Å². The van der Waals surface area contributed by atoms with Gasteiger partial charge in [-0.3, -0.25) is 4.79 Å². The molecule has 1 aliphatic carbocycles. The van der Waals surface area contributed by atoms with Crippen LogP contribution in [0.1, 0.15) is 24.0 Å². The highest BCUT2D eigenvalue weighted by Crippen LogP contribution is 2.30. The summed E-state index contributed by atoms with van der Waals surface area (Å²) >= 11 is 12.1. The second-order valence-corrected chi connectivity index (χ2v) is 6.79. The van der Waals surface area contributed by atoms with Gasteiger partial charge in [-0.15, -0.1) is 0 Å². The number of halogens is 2. The second kappa shape index (κ2) is 8.43. The van der Waals surface area contributed by atoms with Gasteiger partial charge in [0.05, 0.1) is 13.3 Å². The SMILES string of the molecule is COc1cc(C=NNC(=O)C2CC2)ccc1OCc1ccc(Cl)cc1Cl. The summed E-state index contributed by atoms with van der Waals surface area (Å²) in [7, 11) is 1.56. The average molecular weight is 393 g/mol. The molecule has 0 unspecified atom stereocenters. The maximum atomic E-state index is 11.6. The van der Waals surface area contributed by atoms with Crippen LogP contribution in [0.2, 0.25) is 10.0 Å². The van der Waals surface area contributed by atoms with E-state index in [0.717, 1.165) is 24.0 Å². The maximum absolute atomic E-state index is 11.6. The van der Waals surface area contributed by atoms with Gasteiger partial charge < -0.3 is 9.47 Å². The van der Waals surface area contributed by atoms with Gasteiger partial charge in [0.1, 0.15) is 6.61 Å². The van der Waals surface area contributed by atoms with Crippen LogP contribution in [0.5, 0.6) is 11.5 Å². The molecular formula is C19H18Cl2N2O3. The Morgan fingerprint density at radius 2 is 2.04 bits per heavy atom. The van der Waals surface area contributed by atoms with Crippen LogP contribution in [0, 0.1) is 5.92 Å². The Hall–Kier alpha value is -2.24. The number of hydrazone groups is 1. The Morgan fingerprint density at radius 3 is 2.73 bits per heavy atom. The van der Waals surface area contributed by atoms with Crippen LogP contribution in [0.25, 0.3) is 0 Å². The summed E-state index contributed by atoms with van der Waals surface area (Å²) in [5, 5.41) is 5.10. The molecule has 5 nitrogen and oxygen atoms in total. The van der Waals surface area contributed by atoms with Crippen molar-refractivity contribution in [3.8, 4) is 11.5 Å². The van der Waals surface area contributed by atoms with E-state index in [1.165, 1.54) is 0 Å². The Balaban J connectivity index is 1.64. The molecule has 1 saturated carbocycles. The lowest BCUT2D eigenvalue weighted by molar-refractivity contribution is -0.122. The van der Waals surface area contributed by atoms with Crippen LogP contribution < -0.4 is 14.9 Å². The van der Waals surface area contributed by atoms with Crippen LogP contribution in [0.15, 0.2) is 41.5 Å². The van der Waals surface area contributed by atoms with Crippen LogP contribution in [0.3, 0.4) is 0 Å².